The van der Waals surface area contributed by atoms with Gasteiger partial charge in [0.1, 0.15) is 11.6 Å². The van der Waals surface area contributed by atoms with E-state index in [-0.39, 0.29) is 5.91 Å². The summed E-state index contributed by atoms with van der Waals surface area (Å²) in [7, 11) is 1.67. The molecule has 1 aromatic carbocycles. The Labute approximate surface area is 183 Å². The third-order valence-electron chi connectivity index (χ3n) is 4.83. The predicted molar refractivity (Wildman–Crippen MR) is 122 cm³/mol. The van der Waals surface area contributed by atoms with E-state index in [4.69, 9.17) is 4.74 Å². The van der Waals surface area contributed by atoms with Crippen LogP contribution in [0.2, 0.25) is 0 Å². The van der Waals surface area contributed by atoms with Gasteiger partial charge in [0.05, 0.1) is 12.9 Å². The van der Waals surface area contributed by atoms with E-state index in [2.05, 4.69) is 32.2 Å². The lowest BCUT2D eigenvalue weighted by Gasteiger charge is -2.36. The van der Waals surface area contributed by atoms with E-state index < -0.39 is 0 Å². The summed E-state index contributed by atoms with van der Waals surface area (Å²) in [4.78, 5) is 22.4. The molecular weight excluding hydrogens is 418 g/mol. The highest BCUT2D eigenvalue weighted by atomic mass is 32.2. The van der Waals surface area contributed by atoms with Gasteiger partial charge in [-0.05, 0) is 47.9 Å². The number of anilines is 1. The molecule has 0 unspecified atom stereocenters. The summed E-state index contributed by atoms with van der Waals surface area (Å²) in [6.45, 7) is 3.07. The van der Waals surface area contributed by atoms with Gasteiger partial charge in [-0.2, -0.15) is 0 Å². The first-order valence-electron chi connectivity index (χ1n) is 9.65. The number of carbonyl (C=O) groups is 1. The summed E-state index contributed by atoms with van der Waals surface area (Å²) in [6, 6.07) is 12.1. The molecule has 3 aromatic rings. The van der Waals surface area contributed by atoms with Gasteiger partial charge in [-0.15, -0.1) is 16.4 Å². The minimum atomic E-state index is 0.120. The summed E-state index contributed by atoms with van der Waals surface area (Å²) < 4.78 is 5.21. The van der Waals surface area contributed by atoms with E-state index in [0.29, 0.717) is 29.8 Å². The molecule has 0 atom stereocenters. The maximum absolute atomic E-state index is 12.6. The van der Waals surface area contributed by atoms with Crippen LogP contribution in [0.5, 0.6) is 5.75 Å². The highest BCUT2D eigenvalue weighted by Gasteiger charge is 2.21. The van der Waals surface area contributed by atoms with Crippen molar-refractivity contribution in [2.24, 2.45) is 0 Å². The molecule has 1 fully saturated rings. The predicted octanol–water partition coefficient (Wildman–Crippen LogP) is 3.49. The van der Waals surface area contributed by atoms with Crippen molar-refractivity contribution in [3.05, 3.63) is 52.5 Å². The minimum absolute atomic E-state index is 0.120. The number of benzene rings is 1. The van der Waals surface area contributed by atoms with Gasteiger partial charge in [0.2, 0.25) is 11.1 Å². The van der Waals surface area contributed by atoms with E-state index in [1.165, 1.54) is 11.8 Å². The van der Waals surface area contributed by atoms with Crippen LogP contribution in [-0.2, 0) is 4.79 Å². The topological polar surface area (TPSA) is 74.3 Å². The van der Waals surface area contributed by atoms with Gasteiger partial charge in [0.25, 0.3) is 0 Å². The van der Waals surface area contributed by atoms with Crippen molar-refractivity contribution in [2.75, 3.05) is 43.9 Å². The average molecular weight is 442 g/mol. The van der Waals surface area contributed by atoms with E-state index in [9.17, 15) is 4.79 Å². The average Bonchev–Trinajstić information content (AvgIpc) is 3.48. The number of aromatic nitrogens is 3. The Bertz CT molecular complexity index is 977. The van der Waals surface area contributed by atoms with Crippen molar-refractivity contribution in [1.82, 2.24) is 20.1 Å². The molecule has 1 aliphatic rings. The molecule has 0 aliphatic carbocycles. The highest BCUT2D eigenvalue weighted by molar-refractivity contribution is 7.99. The smallest absolute Gasteiger partial charge is 0.233 e. The fourth-order valence-corrected chi connectivity index (χ4v) is 4.50. The zero-order valence-electron chi connectivity index (χ0n) is 16.7. The number of thiophene rings is 1. The Morgan fingerprint density at radius 3 is 2.70 bits per heavy atom. The molecule has 1 saturated heterocycles. The number of H-pyrrole nitrogens is 1. The third-order valence-corrected chi connectivity index (χ3v) is 6.50. The van der Waals surface area contributed by atoms with Gasteiger partial charge in [-0.25, -0.2) is 4.98 Å². The summed E-state index contributed by atoms with van der Waals surface area (Å²) in [5.74, 6) is 2.00. The second-order valence-electron chi connectivity index (χ2n) is 6.71. The third kappa shape index (κ3) is 5.22. The van der Waals surface area contributed by atoms with Crippen molar-refractivity contribution >= 4 is 46.8 Å². The summed E-state index contributed by atoms with van der Waals surface area (Å²) >= 11 is 3.03. The maximum atomic E-state index is 12.6. The van der Waals surface area contributed by atoms with Crippen molar-refractivity contribution in [2.45, 2.75) is 5.16 Å². The Hall–Kier alpha value is -2.78. The Morgan fingerprint density at radius 2 is 2.00 bits per heavy atom. The highest BCUT2D eigenvalue weighted by Crippen LogP contribution is 2.21. The molecule has 0 radical (unpaired) electrons. The second kappa shape index (κ2) is 9.82. The van der Waals surface area contributed by atoms with Crippen molar-refractivity contribution in [3.8, 4) is 5.75 Å². The van der Waals surface area contributed by atoms with Crippen molar-refractivity contribution < 1.29 is 9.53 Å². The molecule has 30 heavy (non-hydrogen) atoms. The van der Waals surface area contributed by atoms with Gasteiger partial charge in [-0.1, -0.05) is 17.8 Å². The fraction of sp³-hybridized carbons (Fsp3) is 0.286. The molecule has 0 saturated carbocycles. The first-order chi connectivity index (χ1) is 14.7. The number of methoxy groups -OCH3 is 1. The molecule has 0 bridgehead atoms. The van der Waals surface area contributed by atoms with E-state index in [1.807, 2.05) is 46.7 Å². The van der Waals surface area contributed by atoms with E-state index in [0.717, 1.165) is 29.4 Å². The number of piperazine rings is 1. The van der Waals surface area contributed by atoms with E-state index in [1.54, 1.807) is 18.4 Å². The molecule has 3 heterocycles. The number of carbonyl (C=O) groups excluding carboxylic acids is 1. The van der Waals surface area contributed by atoms with E-state index >= 15 is 0 Å². The second-order valence-corrected chi connectivity index (χ2v) is 8.63. The summed E-state index contributed by atoms with van der Waals surface area (Å²) in [6.07, 6.45) is 3.89. The molecule has 1 aliphatic heterocycles. The molecule has 9 heteroatoms. The first-order valence-corrected chi connectivity index (χ1v) is 11.5. The number of nitrogens with one attached hydrogen (secondary N) is 1. The van der Waals surface area contributed by atoms with Crippen LogP contribution in [0, 0.1) is 0 Å². The normalized spacial score (nSPS) is 14.4. The standard InChI is InChI=1S/C21H23N5O2S2/c1-28-17-6-4-16(5-7-17)25-10-12-26(13-11-25)20(27)15-30-21-22-19(23-24-21)9-8-18-3-2-14-29-18/h2-9,14H,10-13,15H2,1H3,(H,22,23,24)/b9-8+. The largest absolute Gasteiger partial charge is 0.497 e. The van der Waals surface area contributed by atoms with Crippen LogP contribution < -0.4 is 9.64 Å². The van der Waals surface area contributed by atoms with Crippen molar-refractivity contribution in [1.29, 1.82) is 0 Å². The van der Waals surface area contributed by atoms with Crippen molar-refractivity contribution in [3.63, 3.8) is 0 Å². The number of ether oxygens (including phenoxy) is 1. The number of amides is 1. The lowest BCUT2D eigenvalue weighted by molar-refractivity contribution is -0.128. The lowest BCUT2D eigenvalue weighted by Crippen LogP contribution is -2.49. The number of thioether (sulfide) groups is 1. The lowest BCUT2D eigenvalue weighted by atomic mass is 10.2. The zero-order valence-corrected chi connectivity index (χ0v) is 18.3. The molecule has 156 valence electrons. The van der Waals surface area contributed by atoms with Gasteiger partial charge in [0.15, 0.2) is 0 Å². The minimum Gasteiger partial charge on any atom is -0.497 e. The molecular formula is C21H23N5O2S2. The maximum Gasteiger partial charge on any atom is 0.233 e. The number of hydrogen-bond donors (Lipinski definition) is 1. The number of rotatable bonds is 7. The van der Waals surface area contributed by atoms with Gasteiger partial charge in [-0.3, -0.25) is 9.89 Å². The van der Waals surface area contributed by atoms with Crippen LogP contribution in [0.3, 0.4) is 0 Å². The zero-order chi connectivity index (χ0) is 20.8. The van der Waals surface area contributed by atoms with Crippen LogP contribution in [0.4, 0.5) is 5.69 Å². The Balaban J connectivity index is 1.23. The fourth-order valence-electron chi connectivity index (χ4n) is 3.17. The Kier molecular flexibility index (Phi) is 6.70. The number of hydrogen-bond acceptors (Lipinski definition) is 7. The number of aromatic amines is 1. The number of nitrogens with zero attached hydrogens (tertiary/aromatic N) is 4. The van der Waals surface area contributed by atoms with Gasteiger partial charge < -0.3 is 14.5 Å². The van der Waals surface area contributed by atoms with Crippen LogP contribution in [0.25, 0.3) is 12.2 Å². The summed E-state index contributed by atoms with van der Waals surface area (Å²) in [5, 5.41) is 9.71. The summed E-state index contributed by atoms with van der Waals surface area (Å²) in [5.41, 5.74) is 1.15. The quantitative estimate of drug-likeness (QED) is 0.566. The Morgan fingerprint density at radius 1 is 1.20 bits per heavy atom. The molecule has 4 rings (SSSR count). The monoisotopic (exact) mass is 441 g/mol. The van der Waals surface area contributed by atoms with Crippen LogP contribution in [0.1, 0.15) is 10.7 Å². The molecule has 1 N–H and O–H groups in total. The molecule has 0 spiro atoms. The molecule has 1 amide bonds. The molecule has 2 aromatic heterocycles. The van der Waals surface area contributed by atoms with Gasteiger partial charge >= 0.3 is 0 Å². The van der Waals surface area contributed by atoms with Crippen LogP contribution in [-0.4, -0.2) is 65.0 Å². The van der Waals surface area contributed by atoms with Crippen LogP contribution >= 0.6 is 23.1 Å². The first kappa shape index (κ1) is 20.5. The van der Waals surface area contributed by atoms with Gasteiger partial charge in [0, 0.05) is 36.7 Å². The SMILES string of the molecule is COc1ccc(N2CCN(C(=O)CSc3n[nH]c(/C=C/c4cccs4)n3)CC2)cc1. The molecule has 7 nitrogen and oxygen atoms in total. The van der Waals surface area contributed by atoms with Crippen LogP contribution in [0.15, 0.2) is 46.9 Å².